The second kappa shape index (κ2) is 5.60. The lowest BCUT2D eigenvalue weighted by Crippen LogP contribution is -2.37. The normalized spacial score (nSPS) is 12.8. The van der Waals surface area contributed by atoms with Gasteiger partial charge in [0.25, 0.3) is 0 Å². The number of nitrogens with zero attached hydrogens (tertiary/aromatic N) is 3. The number of furan rings is 1. The molecule has 0 bridgehead atoms. The lowest BCUT2D eigenvalue weighted by molar-refractivity contribution is 0.438. The topological polar surface area (TPSA) is 81.9 Å². The molecule has 2 heterocycles. The first kappa shape index (κ1) is 11.8. The Kier molecular flexibility index (Phi) is 3.89. The zero-order valence-corrected chi connectivity index (χ0v) is 9.84. The van der Waals surface area contributed by atoms with Crippen molar-refractivity contribution in [1.29, 1.82) is 0 Å². The number of hydrogen-bond donors (Lipinski definition) is 2. The van der Waals surface area contributed by atoms with E-state index in [4.69, 9.17) is 10.3 Å². The molecule has 0 radical (unpaired) electrons. The van der Waals surface area contributed by atoms with Gasteiger partial charge in [-0.1, -0.05) is 0 Å². The molecule has 2 aromatic heterocycles. The average molecular weight is 235 g/mol. The summed E-state index contributed by atoms with van der Waals surface area (Å²) >= 11 is 0. The molecule has 0 aromatic carbocycles. The molecule has 0 fully saturated rings. The average Bonchev–Trinajstić information content (AvgIpc) is 2.96. The van der Waals surface area contributed by atoms with Crippen LogP contribution in [0.5, 0.6) is 0 Å². The Balaban J connectivity index is 1.87. The molecule has 0 aliphatic rings. The van der Waals surface area contributed by atoms with Gasteiger partial charge < -0.3 is 4.42 Å². The fourth-order valence-corrected chi connectivity index (χ4v) is 1.74. The highest BCUT2D eigenvalue weighted by molar-refractivity contribution is 4.99. The molecule has 0 aliphatic heterocycles. The van der Waals surface area contributed by atoms with E-state index in [1.54, 1.807) is 17.3 Å². The minimum atomic E-state index is 0.169. The minimum absolute atomic E-state index is 0.169. The van der Waals surface area contributed by atoms with Crippen LogP contribution in [-0.2, 0) is 19.9 Å². The van der Waals surface area contributed by atoms with Crippen LogP contribution in [-0.4, -0.2) is 20.8 Å². The maximum absolute atomic E-state index is 5.54. The third-order valence-corrected chi connectivity index (χ3v) is 2.79. The van der Waals surface area contributed by atoms with Gasteiger partial charge in [0.15, 0.2) is 0 Å². The summed E-state index contributed by atoms with van der Waals surface area (Å²) in [6, 6.07) is 4.03. The first-order valence-corrected chi connectivity index (χ1v) is 5.61. The van der Waals surface area contributed by atoms with E-state index >= 15 is 0 Å². The SMILES string of the molecule is Cn1ncnc1CC(CCc1ccco1)NN. The summed E-state index contributed by atoms with van der Waals surface area (Å²) < 4.78 is 7.05. The highest BCUT2D eigenvalue weighted by Gasteiger charge is 2.12. The zero-order chi connectivity index (χ0) is 12.1. The summed E-state index contributed by atoms with van der Waals surface area (Å²) in [6.07, 6.45) is 5.75. The molecule has 1 atom stereocenters. The largest absolute Gasteiger partial charge is 0.469 e. The summed E-state index contributed by atoms with van der Waals surface area (Å²) in [4.78, 5) is 4.18. The molecule has 0 saturated carbocycles. The van der Waals surface area contributed by atoms with Crippen LogP contribution in [0.3, 0.4) is 0 Å². The molecule has 0 amide bonds. The van der Waals surface area contributed by atoms with E-state index in [0.717, 1.165) is 30.8 Å². The molecule has 17 heavy (non-hydrogen) atoms. The molecule has 1 unspecified atom stereocenters. The minimum Gasteiger partial charge on any atom is -0.469 e. The van der Waals surface area contributed by atoms with Crippen molar-refractivity contribution in [1.82, 2.24) is 20.2 Å². The van der Waals surface area contributed by atoms with Crippen molar-refractivity contribution in [2.45, 2.75) is 25.3 Å². The van der Waals surface area contributed by atoms with Crippen LogP contribution in [0.25, 0.3) is 0 Å². The highest BCUT2D eigenvalue weighted by atomic mass is 16.3. The van der Waals surface area contributed by atoms with Crippen LogP contribution in [0.4, 0.5) is 0 Å². The Hall–Kier alpha value is -1.66. The Morgan fingerprint density at radius 1 is 1.59 bits per heavy atom. The van der Waals surface area contributed by atoms with Gasteiger partial charge in [-0.2, -0.15) is 5.10 Å². The quantitative estimate of drug-likeness (QED) is 0.560. The standard InChI is InChI=1S/C11H17N5O/c1-16-11(13-8-14-16)7-9(15-12)4-5-10-3-2-6-17-10/h2-3,6,8-9,15H,4-5,7,12H2,1H3. The number of nitrogens with one attached hydrogen (secondary N) is 1. The molecule has 6 heteroatoms. The number of rotatable bonds is 6. The molecule has 0 spiro atoms. The number of hydrogen-bond acceptors (Lipinski definition) is 5. The summed E-state index contributed by atoms with van der Waals surface area (Å²) in [5, 5.41) is 4.03. The van der Waals surface area contributed by atoms with Gasteiger partial charge in [0.1, 0.15) is 17.9 Å². The maximum atomic E-state index is 5.54. The molecule has 6 nitrogen and oxygen atoms in total. The number of nitrogens with two attached hydrogens (primary N) is 1. The van der Waals surface area contributed by atoms with E-state index in [9.17, 15) is 0 Å². The van der Waals surface area contributed by atoms with Crippen molar-refractivity contribution in [2.75, 3.05) is 0 Å². The fourth-order valence-electron chi connectivity index (χ4n) is 1.74. The predicted molar refractivity (Wildman–Crippen MR) is 62.8 cm³/mol. The van der Waals surface area contributed by atoms with Gasteiger partial charge in [0, 0.05) is 25.9 Å². The van der Waals surface area contributed by atoms with Crippen LogP contribution in [0.2, 0.25) is 0 Å². The Bertz CT molecular complexity index is 436. The third-order valence-electron chi connectivity index (χ3n) is 2.79. The molecule has 0 saturated heterocycles. The van der Waals surface area contributed by atoms with Crippen LogP contribution in [0.15, 0.2) is 29.1 Å². The summed E-state index contributed by atoms with van der Waals surface area (Å²) in [5.74, 6) is 7.44. The van der Waals surface area contributed by atoms with Crippen molar-refractivity contribution in [2.24, 2.45) is 12.9 Å². The molecule has 2 aromatic rings. The monoisotopic (exact) mass is 235 g/mol. The van der Waals surface area contributed by atoms with Crippen molar-refractivity contribution >= 4 is 0 Å². The maximum Gasteiger partial charge on any atom is 0.138 e. The van der Waals surface area contributed by atoms with E-state index in [-0.39, 0.29) is 6.04 Å². The highest BCUT2D eigenvalue weighted by Crippen LogP contribution is 2.08. The van der Waals surface area contributed by atoms with Gasteiger partial charge in [0.05, 0.1) is 6.26 Å². The molecule has 0 aliphatic carbocycles. The smallest absolute Gasteiger partial charge is 0.138 e. The Morgan fingerprint density at radius 2 is 2.47 bits per heavy atom. The molecular formula is C11H17N5O. The summed E-state index contributed by atoms with van der Waals surface area (Å²) in [7, 11) is 1.88. The van der Waals surface area contributed by atoms with E-state index < -0.39 is 0 Å². The van der Waals surface area contributed by atoms with Crippen LogP contribution >= 0.6 is 0 Å². The lowest BCUT2D eigenvalue weighted by Gasteiger charge is -2.14. The Labute approximate surface area is 99.8 Å². The number of aromatic nitrogens is 3. The molecule has 2 rings (SSSR count). The third kappa shape index (κ3) is 3.15. The van der Waals surface area contributed by atoms with Gasteiger partial charge in [-0.3, -0.25) is 16.0 Å². The summed E-state index contributed by atoms with van der Waals surface area (Å²) in [5.41, 5.74) is 2.81. The van der Waals surface area contributed by atoms with Crippen molar-refractivity contribution in [3.05, 3.63) is 36.3 Å². The van der Waals surface area contributed by atoms with E-state index in [1.165, 1.54) is 0 Å². The van der Waals surface area contributed by atoms with Crippen molar-refractivity contribution < 1.29 is 4.42 Å². The molecular weight excluding hydrogens is 218 g/mol. The zero-order valence-electron chi connectivity index (χ0n) is 9.84. The first-order chi connectivity index (χ1) is 8.29. The van der Waals surface area contributed by atoms with Crippen molar-refractivity contribution in [3.63, 3.8) is 0 Å². The van der Waals surface area contributed by atoms with Gasteiger partial charge >= 0.3 is 0 Å². The van der Waals surface area contributed by atoms with Gasteiger partial charge in [-0.25, -0.2) is 4.98 Å². The first-order valence-electron chi connectivity index (χ1n) is 5.61. The van der Waals surface area contributed by atoms with E-state index in [0.29, 0.717) is 0 Å². The second-order valence-corrected chi connectivity index (χ2v) is 3.99. The van der Waals surface area contributed by atoms with Gasteiger partial charge in [-0.15, -0.1) is 0 Å². The van der Waals surface area contributed by atoms with E-state index in [2.05, 4.69) is 15.5 Å². The Morgan fingerprint density at radius 3 is 3.06 bits per heavy atom. The lowest BCUT2D eigenvalue weighted by atomic mass is 10.1. The predicted octanol–water partition coefficient (Wildman–Crippen LogP) is 0.415. The van der Waals surface area contributed by atoms with Gasteiger partial charge in [-0.05, 0) is 18.6 Å². The van der Waals surface area contributed by atoms with Crippen LogP contribution in [0.1, 0.15) is 18.0 Å². The molecule has 92 valence electrons. The fraction of sp³-hybridized carbons (Fsp3) is 0.455. The number of aryl methyl sites for hydroxylation is 2. The van der Waals surface area contributed by atoms with Crippen LogP contribution in [0, 0.1) is 0 Å². The van der Waals surface area contributed by atoms with E-state index in [1.807, 2.05) is 19.2 Å². The van der Waals surface area contributed by atoms with Crippen molar-refractivity contribution in [3.8, 4) is 0 Å². The van der Waals surface area contributed by atoms with Crippen LogP contribution < -0.4 is 11.3 Å². The molecule has 3 N–H and O–H groups in total. The number of hydrazine groups is 1. The summed E-state index contributed by atoms with van der Waals surface area (Å²) in [6.45, 7) is 0. The second-order valence-electron chi connectivity index (χ2n) is 3.99. The van der Waals surface area contributed by atoms with Gasteiger partial charge in [0.2, 0.25) is 0 Å².